The van der Waals surface area contributed by atoms with E-state index in [0.29, 0.717) is 24.0 Å². The van der Waals surface area contributed by atoms with Crippen LogP contribution in [0.5, 0.6) is 11.5 Å². The molecule has 512 valence electrons. The van der Waals surface area contributed by atoms with Crippen LogP contribution >= 0.6 is 0 Å². The summed E-state index contributed by atoms with van der Waals surface area (Å²) < 4.78 is 0. The molecule has 0 unspecified atom stereocenters. The van der Waals surface area contributed by atoms with Crippen LogP contribution < -0.4 is 10.2 Å². The van der Waals surface area contributed by atoms with Gasteiger partial charge in [-0.1, -0.05) is 397 Å². The third kappa shape index (κ3) is 48.5. The molecule has 0 fully saturated rings. The summed E-state index contributed by atoms with van der Waals surface area (Å²) in [7, 11) is 0. The van der Waals surface area contributed by atoms with Crippen molar-refractivity contribution < 1.29 is 26.7 Å². The molecule has 0 bridgehead atoms. The van der Waals surface area contributed by atoms with Crippen LogP contribution in [0.15, 0.2) is 70.6 Å². The fourth-order valence-corrected chi connectivity index (χ4v) is 12.8. The van der Waals surface area contributed by atoms with Gasteiger partial charge in [0.2, 0.25) is 0 Å². The summed E-state index contributed by atoms with van der Waals surface area (Å²) in [6.07, 6.45) is 78.2. The molecule has 0 amide bonds. The first-order valence-corrected chi connectivity index (χ1v) is 39.2. The van der Waals surface area contributed by atoms with Gasteiger partial charge in [-0.25, -0.2) is 0 Å². The average Bonchev–Trinajstić information content (AvgIpc) is 3.72. The van der Waals surface area contributed by atoms with Crippen molar-refractivity contribution in [1.82, 2.24) is 0 Å². The summed E-state index contributed by atoms with van der Waals surface area (Å²) in [5.41, 5.74) is 8.87. The van der Waals surface area contributed by atoms with Crippen LogP contribution in [-0.4, -0.2) is 11.4 Å². The fraction of sp³-hybridized carbons (Fsp3) is 0.762. The van der Waals surface area contributed by atoms with Crippen molar-refractivity contribution in [3.63, 3.8) is 0 Å². The van der Waals surface area contributed by atoms with E-state index >= 15 is 0 Å². The third-order valence-corrected chi connectivity index (χ3v) is 18.7. The van der Waals surface area contributed by atoms with Crippen molar-refractivity contribution in [2.45, 2.75) is 414 Å². The Morgan fingerprint density at radius 3 is 0.685 bits per heavy atom. The molecule has 3 rings (SSSR count). The molecule has 0 saturated heterocycles. The van der Waals surface area contributed by atoms with E-state index in [9.17, 15) is 10.2 Å². The van der Waals surface area contributed by atoms with Crippen molar-refractivity contribution in [3.05, 3.63) is 82.9 Å². The summed E-state index contributed by atoms with van der Waals surface area (Å²) in [6, 6.07) is 22.1. The number of aliphatic imine (C=N–C) groups is 2. The predicted molar refractivity (Wildman–Crippen MR) is 391 cm³/mol. The van der Waals surface area contributed by atoms with Gasteiger partial charge in [-0.15, -0.1) is 11.5 Å². The summed E-state index contributed by atoms with van der Waals surface area (Å²) in [4.78, 5) is 10.8. The molecule has 3 aromatic carbocycles. The van der Waals surface area contributed by atoms with E-state index in [0.717, 1.165) is 43.5 Å². The first-order valence-electron chi connectivity index (χ1n) is 39.2. The number of nitrogens with zero attached hydrogens (tertiary/aromatic N) is 2. The number of rotatable bonds is 61. The molecule has 5 heteroatoms. The molecule has 89 heavy (non-hydrogen) atoms. The van der Waals surface area contributed by atoms with Crippen LogP contribution in [0.1, 0.15) is 411 Å². The molecule has 0 saturated carbocycles. The SMILES string of the molecule is CCCCCCCCCCCCCCCCCCCCCCCc1ccc(/N=C(CCCC)/C(CCCCCCCC)=N/c2ccc(CCCCCCCCCCCCCCCCCCCCCCC)cc2)cc1.CCCc1ccc(CCC)c([O-])c1[O-].[Ni+2]. The Morgan fingerprint density at radius 2 is 0.449 bits per heavy atom. The standard InChI is InChI=1S/C72H128N2.C12H18O2.Ni/c1-5-9-13-16-19-21-23-25-27-29-31-33-35-37-39-41-43-45-47-49-52-55-67-59-63-69(64-60-67)73-71(57-12-8-4)72(58-54-51-18-15-11-7-3)74-70-65-61-68(62-66-70)56-53-50-48-46-44-42-40-38-36-34-32-30-28-26-24-22-20-17-14-10-6-2;1-3-5-9-7-8-10(6-4-2)12(14)11(9)13;/h59-66H,5-58H2,1-4H3;7-8,13-14H,3-6H2,1-2H3;/q;;+2/p-2/b73-71+,74-72+;;. The molecule has 0 spiro atoms. The molecular weight excluding hydrogens is 1130 g/mol. The van der Waals surface area contributed by atoms with Gasteiger partial charge in [0.1, 0.15) is 0 Å². The molecular formula is C84H144N2NiO2. The van der Waals surface area contributed by atoms with Crippen LogP contribution in [0.25, 0.3) is 0 Å². The molecule has 0 N–H and O–H groups in total. The molecule has 0 atom stereocenters. The Morgan fingerprint density at radius 1 is 0.236 bits per heavy atom. The van der Waals surface area contributed by atoms with Gasteiger partial charge < -0.3 is 10.2 Å². The second-order valence-corrected chi connectivity index (χ2v) is 27.3. The maximum absolute atomic E-state index is 11.5. The number of unbranched alkanes of at least 4 members (excludes halogenated alkanes) is 46. The normalized spacial score (nSPS) is 11.8. The number of aryl methyl sites for hydroxylation is 4. The zero-order valence-corrected chi connectivity index (χ0v) is 60.8. The number of benzene rings is 3. The molecule has 0 aliphatic carbocycles. The monoisotopic (exact) mass is 1270 g/mol. The first-order chi connectivity index (χ1) is 43.4. The van der Waals surface area contributed by atoms with Gasteiger partial charge in [-0.05, 0) is 99.6 Å². The maximum Gasteiger partial charge on any atom is 2.00 e. The van der Waals surface area contributed by atoms with Gasteiger partial charge in [-0.2, -0.15) is 0 Å². The van der Waals surface area contributed by atoms with Crippen molar-refractivity contribution in [3.8, 4) is 11.5 Å². The smallest absolute Gasteiger partial charge is 0.873 e. The Bertz CT molecular complexity index is 1990. The van der Waals surface area contributed by atoms with E-state index in [1.807, 2.05) is 13.8 Å². The number of hydrogen-bond donors (Lipinski definition) is 0. The second kappa shape index (κ2) is 63.8. The quantitative estimate of drug-likeness (QED) is 0.0321. The van der Waals surface area contributed by atoms with Crippen LogP contribution in [0.2, 0.25) is 0 Å². The van der Waals surface area contributed by atoms with Crippen LogP contribution in [0, 0.1) is 0 Å². The molecule has 0 aliphatic heterocycles. The second-order valence-electron chi connectivity index (χ2n) is 27.3. The minimum Gasteiger partial charge on any atom is -0.873 e. The number of hydrogen-bond acceptors (Lipinski definition) is 4. The molecule has 0 radical (unpaired) electrons. The van der Waals surface area contributed by atoms with Gasteiger partial charge in [0.15, 0.2) is 0 Å². The Kier molecular flexibility index (Phi) is 60.3. The van der Waals surface area contributed by atoms with Crippen molar-refractivity contribution in [2.24, 2.45) is 9.98 Å². The fourth-order valence-electron chi connectivity index (χ4n) is 12.8. The molecule has 4 nitrogen and oxygen atoms in total. The van der Waals surface area contributed by atoms with Crippen LogP contribution in [0.3, 0.4) is 0 Å². The largest absolute Gasteiger partial charge is 2.00 e. The summed E-state index contributed by atoms with van der Waals surface area (Å²) in [5, 5.41) is 23.1. The van der Waals surface area contributed by atoms with E-state index in [4.69, 9.17) is 9.98 Å². The topological polar surface area (TPSA) is 70.8 Å². The minimum absolute atomic E-state index is 0. The zero-order valence-electron chi connectivity index (χ0n) is 59.8. The molecule has 3 aromatic rings. The van der Waals surface area contributed by atoms with Gasteiger partial charge in [-0.3, -0.25) is 9.98 Å². The van der Waals surface area contributed by atoms with E-state index in [2.05, 4.69) is 76.2 Å². The summed E-state index contributed by atoms with van der Waals surface area (Å²) in [5.74, 6) is -0.587. The Labute approximate surface area is 564 Å². The van der Waals surface area contributed by atoms with E-state index in [1.165, 1.54) is 350 Å². The third-order valence-electron chi connectivity index (χ3n) is 18.7. The van der Waals surface area contributed by atoms with Crippen molar-refractivity contribution in [2.75, 3.05) is 0 Å². The van der Waals surface area contributed by atoms with Crippen LogP contribution in [0.4, 0.5) is 11.4 Å². The van der Waals surface area contributed by atoms with E-state index in [-0.39, 0.29) is 28.0 Å². The Hall–Kier alpha value is -2.91. The zero-order chi connectivity index (χ0) is 63.3. The summed E-state index contributed by atoms with van der Waals surface area (Å²) in [6.45, 7) is 13.2. The van der Waals surface area contributed by atoms with E-state index in [1.54, 1.807) is 12.1 Å². The molecule has 0 aliphatic rings. The van der Waals surface area contributed by atoms with Gasteiger partial charge in [0.25, 0.3) is 0 Å². The molecule has 0 aromatic heterocycles. The first kappa shape index (κ1) is 84.1. The van der Waals surface area contributed by atoms with Gasteiger partial charge in [0.05, 0.1) is 22.8 Å². The van der Waals surface area contributed by atoms with E-state index < -0.39 is 0 Å². The minimum atomic E-state index is -0.294. The van der Waals surface area contributed by atoms with Crippen LogP contribution in [-0.2, 0) is 42.2 Å². The van der Waals surface area contributed by atoms with Crippen molar-refractivity contribution >= 4 is 22.8 Å². The van der Waals surface area contributed by atoms with Gasteiger partial charge in [0, 0.05) is 0 Å². The maximum atomic E-state index is 11.5. The average molecular weight is 1270 g/mol. The Balaban J connectivity index is 0.00000231. The summed E-state index contributed by atoms with van der Waals surface area (Å²) >= 11 is 0. The predicted octanol–water partition coefficient (Wildman–Crippen LogP) is 27.7. The van der Waals surface area contributed by atoms with Crippen molar-refractivity contribution in [1.29, 1.82) is 0 Å². The van der Waals surface area contributed by atoms with Gasteiger partial charge >= 0.3 is 16.5 Å². The molecule has 0 heterocycles.